The van der Waals surface area contributed by atoms with Crippen LogP contribution >= 0.6 is 11.3 Å². The van der Waals surface area contributed by atoms with Gasteiger partial charge in [0.15, 0.2) is 17.1 Å². The highest BCUT2D eigenvalue weighted by atomic mass is 32.1. The number of halogens is 1. The van der Waals surface area contributed by atoms with E-state index in [1.54, 1.807) is 37.3 Å². The standard InChI is InChI=1S/C29H27FN4O3S/c1-4-8-22-25(5-2)38-29(34-22)28(37)33-23-12-7-10-20(26(23)30)19-9-6-11-21(17(19)3)32-27(36)24-14-13-18(16-35)15-31-24/h6-7,9-16H,4-5,8H2,1-3H3,(H,32,36)(H,33,37). The van der Waals surface area contributed by atoms with Gasteiger partial charge in [0.1, 0.15) is 5.69 Å². The quantitative estimate of drug-likeness (QED) is 0.241. The fraction of sp³-hybridized carbons (Fsp3) is 0.207. The third-order valence-corrected chi connectivity index (χ3v) is 7.30. The summed E-state index contributed by atoms with van der Waals surface area (Å²) in [5.74, 6) is -1.49. The molecule has 0 saturated carbocycles. The molecule has 9 heteroatoms. The van der Waals surface area contributed by atoms with E-state index in [1.165, 1.54) is 35.7 Å². The van der Waals surface area contributed by atoms with Crippen LogP contribution in [-0.2, 0) is 12.8 Å². The van der Waals surface area contributed by atoms with Gasteiger partial charge >= 0.3 is 0 Å². The Hall–Kier alpha value is -4.24. The summed E-state index contributed by atoms with van der Waals surface area (Å²) < 4.78 is 15.7. The Labute approximate surface area is 224 Å². The molecule has 194 valence electrons. The number of carbonyl (C=O) groups is 3. The van der Waals surface area contributed by atoms with Crippen molar-refractivity contribution in [3.63, 3.8) is 0 Å². The number of nitrogens with one attached hydrogen (secondary N) is 2. The van der Waals surface area contributed by atoms with Crippen molar-refractivity contribution in [3.05, 3.63) is 92.9 Å². The summed E-state index contributed by atoms with van der Waals surface area (Å²) >= 11 is 1.34. The van der Waals surface area contributed by atoms with Gasteiger partial charge in [0, 0.05) is 27.9 Å². The number of nitrogens with zero attached hydrogens (tertiary/aromatic N) is 2. The first-order valence-electron chi connectivity index (χ1n) is 12.3. The molecule has 2 aromatic carbocycles. The van der Waals surface area contributed by atoms with Crippen molar-refractivity contribution in [2.75, 3.05) is 10.6 Å². The predicted molar refractivity (Wildman–Crippen MR) is 148 cm³/mol. The van der Waals surface area contributed by atoms with Crippen molar-refractivity contribution in [1.82, 2.24) is 9.97 Å². The van der Waals surface area contributed by atoms with Crippen LogP contribution in [0.1, 0.15) is 67.1 Å². The summed E-state index contributed by atoms with van der Waals surface area (Å²) in [7, 11) is 0. The number of pyridine rings is 1. The Morgan fingerprint density at radius 2 is 1.68 bits per heavy atom. The van der Waals surface area contributed by atoms with Crippen molar-refractivity contribution in [2.24, 2.45) is 0 Å². The number of amides is 2. The second-order valence-electron chi connectivity index (χ2n) is 8.64. The molecule has 7 nitrogen and oxygen atoms in total. The molecule has 2 N–H and O–H groups in total. The molecule has 2 aromatic heterocycles. The maximum atomic E-state index is 15.7. The van der Waals surface area contributed by atoms with Crippen LogP contribution in [0.5, 0.6) is 0 Å². The normalized spacial score (nSPS) is 10.7. The molecule has 2 amide bonds. The molecule has 2 heterocycles. The molecule has 38 heavy (non-hydrogen) atoms. The lowest BCUT2D eigenvalue weighted by atomic mass is 9.98. The first-order chi connectivity index (χ1) is 18.4. The van der Waals surface area contributed by atoms with Crippen molar-refractivity contribution >= 4 is 40.8 Å². The van der Waals surface area contributed by atoms with Gasteiger partial charge in [0.05, 0.1) is 11.4 Å². The minimum Gasteiger partial charge on any atom is -0.320 e. The maximum absolute atomic E-state index is 15.7. The van der Waals surface area contributed by atoms with Crippen molar-refractivity contribution in [3.8, 4) is 11.1 Å². The number of thiazole rings is 1. The van der Waals surface area contributed by atoms with E-state index in [4.69, 9.17) is 0 Å². The number of anilines is 2. The predicted octanol–water partition coefficient (Wildman–Crippen LogP) is 6.48. The number of hydrogen-bond donors (Lipinski definition) is 2. The third kappa shape index (κ3) is 5.68. The topological polar surface area (TPSA) is 101 Å². The molecule has 0 fully saturated rings. The zero-order valence-electron chi connectivity index (χ0n) is 21.3. The summed E-state index contributed by atoms with van der Waals surface area (Å²) in [6.45, 7) is 5.86. The van der Waals surface area contributed by atoms with Gasteiger partial charge in [-0.25, -0.2) is 9.37 Å². The van der Waals surface area contributed by atoms with E-state index < -0.39 is 17.6 Å². The Morgan fingerprint density at radius 1 is 0.974 bits per heavy atom. The van der Waals surface area contributed by atoms with Crippen LogP contribution in [0, 0.1) is 12.7 Å². The molecule has 0 spiro atoms. The molecule has 0 atom stereocenters. The highest BCUT2D eigenvalue weighted by Gasteiger charge is 2.20. The summed E-state index contributed by atoms with van der Waals surface area (Å²) in [6.07, 6.45) is 4.48. The zero-order valence-corrected chi connectivity index (χ0v) is 22.1. The lowest BCUT2D eigenvalue weighted by molar-refractivity contribution is 0.101. The van der Waals surface area contributed by atoms with Crippen LogP contribution < -0.4 is 10.6 Å². The van der Waals surface area contributed by atoms with Gasteiger partial charge in [-0.2, -0.15) is 0 Å². The number of aromatic nitrogens is 2. The summed E-state index contributed by atoms with van der Waals surface area (Å²) in [4.78, 5) is 46.0. The second-order valence-corrected chi connectivity index (χ2v) is 9.72. The van der Waals surface area contributed by atoms with Crippen LogP contribution in [0.25, 0.3) is 11.1 Å². The van der Waals surface area contributed by atoms with E-state index in [2.05, 4.69) is 27.5 Å². The maximum Gasteiger partial charge on any atom is 0.284 e. The van der Waals surface area contributed by atoms with Crippen LogP contribution in [0.4, 0.5) is 15.8 Å². The van der Waals surface area contributed by atoms with Crippen LogP contribution in [-0.4, -0.2) is 28.1 Å². The number of aryl methyl sites for hydroxylation is 2. The molecule has 0 aliphatic carbocycles. The van der Waals surface area contributed by atoms with E-state index in [9.17, 15) is 14.4 Å². The fourth-order valence-corrected chi connectivity index (χ4v) is 5.00. The Kier molecular flexibility index (Phi) is 8.38. The molecule has 4 aromatic rings. The molecule has 0 radical (unpaired) electrons. The molecule has 0 saturated heterocycles. The first kappa shape index (κ1) is 26.8. The van der Waals surface area contributed by atoms with Gasteiger partial charge in [-0.1, -0.05) is 44.5 Å². The largest absolute Gasteiger partial charge is 0.320 e. The second kappa shape index (κ2) is 11.9. The van der Waals surface area contributed by atoms with E-state index in [-0.39, 0.29) is 16.9 Å². The first-order valence-corrected chi connectivity index (χ1v) is 13.1. The van der Waals surface area contributed by atoms with Gasteiger partial charge in [0.2, 0.25) is 0 Å². The molecule has 0 aliphatic heterocycles. The van der Waals surface area contributed by atoms with Gasteiger partial charge in [-0.05, 0) is 55.2 Å². The van der Waals surface area contributed by atoms with E-state index >= 15 is 4.39 Å². The van der Waals surface area contributed by atoms with Gasteiger partial charge < -0.3 is 10.6 Å². The van der Waals surface area contributed by atoms with E-state index in [0.717, 1.165) is 29.8 Å². The number of rotatable bonds is 9. The van der Waals surface area contributed by atoms with Gasteiger partial charge in [-0.3, -0.25) is 19.4 Å². The highest BCUT2D eigenvalue weighted by Crippen LogP contribution is 2.33. The van der Waals surface area contributed by atoms with Crippen LogP contribution in [0.2, 0.25) is 0 Å². The third-order valence-electron chi connectivity index (χ3n) is 6.05. The molecular weight excluding hydrogens is 503 g/mol. The average molecular weight is 531 g/mol. The highest BCUT2D eigenvalue weighted by molar-refractivity contribution is 7.13. The average Bonchev–Trinajstić information content (AvgIpc) is 3.34. The van der Waals surface area contributed by atoms with Gasteiger partial charge in [0.25, 0.3) is 11.8 Å². The monoisotopic (exact) mass is 530 g/mol. The minimum absolute atomic E-state index is 0.0473. The summed E-state index contributed by atoms with van der Waals surface area (Å²) in [5.41, 5.74) is 3.45. The van der Waals surface area contributed by atoms with Crippen LogP contribution in [0.15, 0.2) is 54.7 Å². The van der Waals surface area contributed by atoms with Crippen molar-refractivity contribution < 1.29 is 18.8 Å². The zero-order chi connectivity index (χ0) is 27.2. The lowest BCUT2D eigenvalue weighted by Crippen LogP contribution is -2.15. The molecule has 0 aliphatic rings. The number of hydrogen-bond acceptors (Lipinski definition) is 6. The smallest absolute Gasteiger partial charge is 0.284 e. The minimum atomic E-state index is -0.584. The Morgan fingerprint density at radius 3 is 2.34 bits per heavy atom. The fourth-order valence-electron chi connectivity index (χ4n) is 4.06. The summed E-state index contributed by atoms with van der Waals surface area (Å²) in [6, 6.07) is 12.9. The van der Waals surface area contributed by atoms with Crippen LogP contribution in [0.3, 0.4) is 0 Å². The Bertz CT molecular complexity index is 1500. The molecule has 0 unspecified atom stereocenters. The number of benzene rings is 2. The van der Waals surface area contributed by atoms with Crippen molar-refractivity contribution in [1.29, 1.82) is 0 Å². The SMILES string of the molecule is CCCc1nc(C(=O)Nc2cccc(-c3cccc(NC(=O)c4ccc(C=O)cn4)c3C)c2F)sc1CC. The Balaban J connectivity index is 1.58. The molecular formula is C29H27FN4O3S. The van der Waals surface area contributed by atoms with E-state index in [0.29, 0.717) is 33.7 Å². The number of aldehydes is 1. The van der Waals surface area contributed by atoms with Gasteiger partial charge in [-0.15, -0.1) is 11.3 Å². The molecule has 4 rings (SSSR count). The molecule has 0 bridgehead atoms. The lowest BCUT2D eigenvalue weighted by Gasteiger charge is -2.15. The van der Waals surface area contributed by atoms with E-state index in [1.807, 2.05) is 6.92 Å². The van der Waals surface area contributed by atoms with Crippen molar-refractivity contribution in [2.45, 2.75) is 40.0 Å². The number of carbonyl (C=O) groups excluding carboxylic acids is 3. The summed E-state index contributed by atoms with van der Waals surface area (Å²) in [5, 5.41) is 5.78.